The second-order valence-electron chi connectivity index (χ2n) is 9.81. The van der Waals surface area contributed by atoms with Crippen LogP contribution in [0, 0.1) is 11.6 Å². The number of hydrogen-bond acceptors (Lipinski definition) is 7. The number of halogens is 2. The van der Waals surface area contributed by atoms with Crippen LogP contribution in [0.5, 0.6) is 0 Å². The third-order valence-corrected chi connectivity index (χ3v) is 7.21. The smallest absolute Gasteiger partial charge is 0.414 e. The van der Waals surface area contributed by atoms with Crippen molar-refractivity contribution < 1.29 is 37.4 Å². The van der Waals surface area contributed by atoms with Crippen molar-refractivity contribution in [3.05, 3.63) is 59.8 Å². The molecule has 41 heavy (non-hydrogen) atoms. The van der Waals surface area contributed by atoms with E-state index < -0.39 is 35.7 Å². The minimum atomic E-state index is -0.851. The SMILES string of the molecule is COC(=O)CC[C@H]1CN(c2cc(F)c(N3CCN(C(=O)CNC(=O)c4cc5ccccc5[nH]4)CC3)c(F)c2)C(=O)O1. The van der Waals surface area contributed by atoms with Crippen molar-refractivity contribution in [3.63, 3.8) is 0 Å². The zero-order chi connectivity index (χ0) is 29.1. The van der Waals surface area contributed by atoms with Crippen molar-refractivity contribution in [1.82, 2.24) is 15.2 Å². The largest absolute Gasteiger partial charge is 0.469 e. The highest BCUT2D eigenvalue weighted by atomic mass is 19.1. The van der Waals surface area contributed by atoms with Gasteiger partial charge in [0.25, 0.3) is 5.91 Å². The predicted molar refractivity (Wildman–Crippen MR) is 145 cm³/mol. The first-order valence-corrected chi connectivity index (χ1v) is 13.2. The van der Waals surface area contributed by atoms with Crippen molar-refractivity contribution in [2.75, 3.05) is 56.2 Å². The number of aromatic amines is 1. The van der Waals surface area contributed by atoms with Crippen molar-refractivity contribution >= 4 is 46.2 Å². The molecule has 2 aliphatic heterocycles. The monoisotopic (exact) mass is 569 g/mol. The summed E-state index contributed by atoms with van der Waals surface area (Å²) in [5, 5.41) is 3.50. The molecule has 1 atom stereocenters. The molecule has 0 bridgehead atoms. The van der Waals surface area contributed by atoms with Crippen LogP contribution in [0.3, 0.4) is 0 Å². The molecule has 0 saturated carbocycles. The van der Waals surface area contributed by atoms with Gasteiger partial charge in [-0.25, -0.2) is 13.6 Å². The second-order valence-corrected chi connectivity index (χ2v) is 9.81. The van der Waals surface area contributed by atoms with E-state index >= 15 is 8.78 Å². The van der Waals surface area contributed by atoms with E-state index in [0.717, 1.165) is 27.9 Å². The predicted octanol–water partition coefficient (Wildman–Crippen LogP) is 2.80. The van der Waals surface area contributed by atoms with Gasteiger partial charge in [0.15, 0.2) is 11.6 Å². The lowest BCUT2D eigenvalue weighted by atomic mass is 10.1. The molecule has 3 amide bonds. The van der Waals surface area contributed by atoms with Crippen molar-refractivity contribution in [1.29, 1.82) is 0 Å². The van der Waals surface area contributed by atoms with E-state index in [0.29, 0.717) is 5.69 Å². The molecule has 2 aliphatic rings. The number of methoxy groups -OCH3 is 1. The summed E-state index contributed by atoms with van der Waals surface area (Å²) >= 11 is 0. The van der Waals surface area contributed by atoms with E-state index in [-0.39, 0.29) is 69.4 Å². The van der Waals surface area contributed by atoms with E-state index in [9.17, 15) is 19.2 Å². The van der Waals surface area contributed by atoms with Crippen LogP contribution >= 0.6 is 0 Å². The van der Waals surface area contributed by atoms with Crippen molar-refractivity contribution in [2.24, 2.45) is 0 Å². The molecule has 1 aromatic heterocycles. The summed E-state index contributed by atoms with van der Waals surface area (Å²) in [5.74, 6) is -2.86. The second kappa shape index (κ2) is 11.8. The number of H-pyrrole nitrogens is 1. The quantitative estimate of drug-likeness (QED) is 0.400. The number of carbonyl (C=O) groups is 4. The van der Waals surface area contributed by atoms with E-state index in [1.165, 1.54) is 16.9 Å². The Balaban J connectivity index is 1.14. The first-order chi connectivity index (χ1) is 19.7. The van der Waals surface area contributed by atoms with Gasteiger partial charge in [0.2, 0.25) is 5.91 Å². The number of aromatic nitrogens is 1. The third-order valence-electron chi connectivity index (χ3n) is 7.21. The Morgan fingerprint density at radius 3 is 2.46 bits per heavy atom. The normalized spacial score (nSPS) is 17.1. The fourth-order valence-electron chi connectivity index (χ4n) is 5.01. The molecule has 0 aliphatic carbocycles. The summed E-state index contributed by atoms with van der Waals surface area (Å²) in [5.41, 5.74) is 0.918. The number of nitrogens with one attached hydrogen (secondary N) is 2. The zero-order valence-electron chi connectivity index (χ0n) is 22.3. The Hall–Kier alpha value is -4.68. The van der Waals surface area contributed by atoms with Gasteiger partial charge in [-0.2, -0.15) is 0 Å². The highest BCUT2D eigenvalue weighted by Gasteiger charge is 2.34. The topological polar surface area (TPSA) is 124 Å². The van der Waals surface area contributed by atoms with Crippen LogP contribution in [-0.2, 0) is 19.1 Å². The fraction of sp³-hybridized carbons (Fsp3) is 0.357. The Bertz CT molecular complexity index is 1430. The van der Waals surface area contributed by atoms with Gasteiger partial charge in [0, 0.05) is 55.6 Å². The number of fused-ring (bicyclic) bond motifs is 1. The van der Waals surface area contributed by atoms with Crippen LogP contribution in [0.1, 0.15) is 23.3 Å². The number of rotatable bonds is 8. The molecular formula is C28H29F2N5O6. The Labute approximate surface area is 234 Å². The lowest BCUT2D eigenvalue weighted by Crippen LogP contribution is -2.51. The maximum atomic E-state index is 15.1. The summed E-state index contributed by atoms with van der Waals surface area (Å²) in [6.45, 7) is 0.612. The van der Waals surface area contributed by atoms with Crippen LogP contribution in [0.4, 0.5) is 25.0 Å². The van der Waals surface area contributed by atoms with Crippen LogP contribution in [0.25, 0.3) is 10.9 Å². The zero-order valence-corrected chi connectivity index (χ0v) is 22.3. The Morgan fingerprint density at radius 1 is 1.07 bits per heavy atom. The number of ether oxygens (including phenoxy) is 2. The molecule has 216 valence electrons. The van der Waals surface area contributed by atoms with Crippen molar-refractivity contribution in [2.45, 2.75) is 18.9 Å². The van der Waals surface area contributed by atoms with E-state index in [1.807, 2.05) is 24.3 Å². The number of carbonyl (C=O) groups excluding carboxylic acids is 4. The number of benzene rings is 2. The number of para-hydroxylation sites is 1. The molecule has 3 aromatic rings. The van der Waals surface area contributed by atoms with E-state index in [2.05, 4.69) is 15.0 Å². The van der Waals surface area contributed by atoms with Gasteiger partial charge in [-0.05, 0) is 18.6 Å². The van der Waals surface area contributed by atoms with E-state index in [1.54, 1.807) is 6.07 Å². The van der Waals surface area contributed by atoms with Gasteiger partial charge >= 0.3 is 12.1 Å². The number of piperazine rings is 1. The highest BCUT2D eigenvalue weighted by molar-refractivity contribution is 5.99. The molecule has 13 heteroatoms. The summed E-state index contributed by atoms with van der Waals surface area (Å²) < 4.78 is 40.0. The van der Waals surface area contributed by atoms with Gasteiger partial charge in [0.1, 0.15) is 17.5 Å². The lowest BCUT2D eigenvalue weighted by Gasteiger charge is -2.36. The first-order valence-electron chi connectivity index (χ1n) is 13.2. The molecule has 5 rings (SSSR count). The summed E-state index contributed by atoms with van der Waals surface area (Å²) in [6.07, 6.45) is -1.08. The van der Waals surface area contributed by atoms with Gasteiger partial charge in [-0.3, -0.25) is 19.3 Å². The summed E-state index contributed by atoms with van der Waals surface area (Å²) in [7, 11) is 1.26. The summed E-state index contributed by atoms with van der Waals surface area (Å²) in [4.78, 5) is 56.0. The van der Waals surface area contributed by atoms with E-state index in [4.69, 9.17) is 4.74 Å². The van der Waals surface area contributed by atoms with Gasteiger partial charge < -0.3 is 29.6 Å². The molecule has 3 heterocycles. The highest BCUT2D eigenvalue weighted by Crippen LogP contribution is 2.32. The molecule has 2 aromatic carbocycles. The fourth-order valence-corrected chi connectivity index (χ4v) is 5.01. The third kappa shape index (κ3) is 6.08. The lowest BCUT2D eigenvalue weighted by molar-refractivity contribution is -0.141. The minimum Gasteiger partial charge on any atom is -0.469 e. The minimum absolute atomic E-state index is 0.00818. The van der Waals surface area contributed by atoms with Crippen LogP contribution in [0.2, 0.25) is 0 Å². The average Bonchev–Trinajstić information content (AvgIpc) is 3.57. The maximum absolute atomic E-state index is 15.1. The molecule has 0 radical (unpaired) electrons. The number of nitrogens with zero attached hydrogens (tertiary/aromatic N) is 3. The number of cyclic esters (lactones) is 1. The maximum Gasteiger partial charge on any atom is 0.414 e. The molecule has 0 spiro atoms. The number of amides is 3. The number of esters is 1. The first kappa shape index (κ1) is 27.9. The van der Waals surface area contributed by atoms with Gasteiger partial charge in [-0.15, -0.1) is 0 Å². The summed E-state index contributed by atoms with van der Waals surface area (Å²) in [6, 6.07) is 11.3. The molecule has 11 nitrogen and oxygen atoms in total. The number of hydrogen-bond donors (Lipinski definition) is 2. The van der Waals surface area contributed by atoms with Crippen LogP contribution in [0.15, 0.2) is 42.5 Å². The molecule has 0 unspecified atom stereocenters. The van der Waals surface area contributed by atoms with Gasteiger partial charge in [0.05, 0.1) is 25.9 Å². The molecule has 2 saturated heterocycles. The molecule has 2 N–H and O–H groups in total. The van der Waals surface area contributed by atoms with Gasteiger partial charge in [-0.1, -0.05) is 18.2 Å². The Kier molecular flexibility index (Phi) is 8.04. The standard InChI is InChI=1S/C28H29F2N5O6/c1-40-25(37)7-6-19-16-35(28(39)41-19)18-13-20(29)26(21(30)14-18)34-10-8-33(9-11-34)24(36)15-31-27(38)23-12-17-4-2-3-5-22(17)32-23/h2-5,12-14,19,32H,6-11,15-16H2,1H3,(H,31,38)/t19-/m0/s1. The number of anilines is 2. The Morgan fingerprint density at radius 2 is 1.78 bits per heavy atom. The molecular weight excluding hydrogens is 540 g/mol. The van der Waals surface area contributed by atoms with Crippen molar-refractivity contribution in [3.8, 4) is 0 Å². The average molecular weight is 570 g/mol. The van der Waals surface area contributed by atoms with Crippen LogP contribution < -0.4 is 15.1 Å². The molecule has 2 fully saturated rings. The van der Waals surface area contributed by atoms with Crippen LogP contribution in [-0.4, -0.2) is 86.2 Å².